The normalized spacial score (nSPS) is 32.5. The van der Waals surface area contributed by atoms with Gasteiger partial charge in [-0.1, -0.05) is 26.0 Å². The SMILES string of the molecule is CC1C=C2NC=CNC2=CC1C. The molecule has 1 aliphatic carbocycles. The van der Waals surface area contributed by atoms with Crippen LogP contribution in [0.5, 0.6) is 0 Å². The number of nitrogens with one attached hydrogen (secondary N) is 2. The number of hydrogen-bond acceptors (Lipinski definition) is 2. The van der Waals surface area contributed by atoms with E-state index in [1.54, 1.807) is 0 Å². The number of rotatable bonds is 0. The summed E-state index contributed by atoms with van der Waals surface area (Å²) in [5.41, 5.74) is 2.42. The molecule has 2 N–H and O–H groups in total. The van der Waals surface area contributed by atoms with Crippen molar-refractivity contribution in [1.29, 1.82) is 0 Å². The van der Waals surface area contributed by atoms with Gasteiger partial charge < -0.3 is 10.6 Å². The fourth-order valence-corrected chi connectivity index (χ4v) is 1.52. The van der Waals surface area contributed by atoms with Crippen molar-refractivity contribution in [3.8, 4) is 0 Å². The van der Waals surface area contributed by atoms with Gasteiger partial charge in [0.15, 0.2) is 0 Å². The van der Waals surface area contributed by atoms with E-state index in [4.69, 9.17) is 0 Å². The molecule has 0 fully saturated rings. The summed E-state index contributed by atoms with van der Waals surface area (Å²) in [7, 11) is 0. The molecular weight excluding hydrogens is 148 g/mol. The van der Waals surface area contributed by atoms with Gasteiger partial charge in [-0.2, -0.15) is 0 Å². The first-order valence-electron chi connectivity index (χ1n) is 4.39. The smallest absolute Gasteiger partial charge is 0.0578 e. The molecule has 0 saturated heterocycles. The van der Waals surface area contributed by atoms with Gasteiger partial charge in [0.2, 0.25) is 0 Å². The summed E-state index contributed by atoms with van der Waals surface area (Å²) in [5, 5.41) is 6.44. The molecule has 0 aromatic carbocycles. The van der Waals surface area contributed by atoms with Crippen LogP contribution in [0.15, 0.2) is 35.9 Å². The molecule has 0 saturated carbocycles. The second-order valence-corrected chi connectivity index (χ2v) is 3.50. The van der Waals surface area contributed by atoms with Crippen LogP contribution in [0.4, 0.5) is 0 Å². The predicted octanol–water partition coefficient (Wildman–Crippen LogP) is 1.70. The Morgan fingerprint density at radius 1 is 0.917 bits per heavy atom. The summed E-state index contributed by atoms with van der Waals surface area (Å²) in [4.78, 5) is 0. The summed E-state index contributed by atoms with van der Waals surface area (Å²) in [6.07, 6.45) is 8.39. The third kappa shape index (κ3) is 1.13. The highest BCUT2D eigenvalue weighted by Crippen LogP contribution is 2.25. The molecule has 1 heterocycles. The van der Waals surface area contributed by atoms with Crippen molar-refractivity contribution in [1.82, 2.24) is 10.6 Å². The van der Waals surface area contributed by atoms with Gasteiger partial charge in [-0.05, 0) is 11.8 Å². The van der Waals surface area contributed by atoms with E-state index in [0.717, 1.165) is 0 Å². The van der Waals surface area contributed by atoms with E-state index in [-0.39, 0.29) is 0 Å². The first-order chi connectivity index (χ1) is 5.77. The maximum Gasteiger partial charge on any atom is 0.0578 e. The molecule has 2 nitrogen and oxygen atoms in total. The highest BCUT2D eigenvalue weighted by atomic mass is 15.0. The van der Waals surface area contributed by atoms with Crippen LogP contribution < -0.4 is 10.6 Å². The molecule has 1 aliphatic heterocycles. The lowest BCUT2D eigenvalue weighted by Crippen LogP contribution is -2.27. The molecule has 0 bridgehead atoms. The van der Waals surface area contributed by atoms with Crippen LogP contribution in [-0.4, -0.2) is 0 Å². The maximum atomic E-state index is 3.22. The van der Waals surface area contributed by atoms with Gasteiger partial charge in [0.25, 0.3) is 0 Å². The van der Waals surface area contributed by atoms with Gasteiger partial charge >= 0.3 is 0 Å². The third-order valence-electron chi connectivity index (χ3n) is 2.54. The van der Waals surface area contributed by atoms with Crippen LogP contribution in [0.2, 0.25) is 0 Å². The Balaban J connectivity index is 2.31. The lowest BCUT2D eigenvalue weighted by atomic mass is 9.89. The molecule has 64 valence electrons. The van der Waals surface area contributed by atoms with Crippen LogP contribution in [0, 0.1) is 11.8 Å². The van der Waals surface area contributed by atoms with E-state index >= 15 is 0 Å². The summed E-state index contributed by atoms with van der Waals surface area (Å²) in [5.74, 6) is 1.26. The van der Waals surface area contributed by atoms with Crippen molar-refractivity contribution < 1.29 is 0 Å². The van der Waals surface area contributed by atoms with E-state index in [1.807, 2.05) is 12.4 Å². The number of hydrogen-bond donors (Lipinski definition) is 2. The minimum atomic E-state index is 0.629. The Hall–Kier alpha value is -1.18. The molecule has 2 atom stereocenters. The predicted molar refractivity (Wildman–Crippen MR) is 49.9 cm³/mol. The molecule has 2 aliphatic rings. The van der Waals surface area contributed by atoms with Crippen LogP contribution in [-0.2, 0) is 0 Å². The zero-order valence-corrected chi connectivity index (χ0v) is 7.46. The Morgan fingerprint density at radius 2 is 1.33 bits per heavy atom. The fraction of sp³-hybridized carbons (Fsp3) is 0.400. The van der Waals surface area contributed by atoms with E-state index in [2.05, 4.69) is 36.6 Å². The Morgan fingerprint density at radius 3 is 1.75 bits per heavy atom. The van der Waals surface area contributed by atoms with Crippen LogP contribution in [0.3, 0.4) is 0 Å². The van der Waals surface area contributed by atoms with E-state index in [1.165, 1.54) is 11.4 Å². The Kier molecular flexibility index (Phi) is 1.68. The minimum absolute atomic E-state index is 0.629. The van der Waals surface area contributed by atoms with Crippen molar-refractivity contribution in [2.75, 3.05) is 0 Å². The highest BCUT2D eigenvalue weighted by molar-refractivity contribution is 5.36. The number of fused-ring (bicyclic) bond motifs is 1. The minimum Gasteiger partial charge on any atom is -0.359 e. The van der Waals surface area contributed by atoms with Crippen LogP contribution >= 0.6 is 0 Å². The zero-order chi connectivity index (χ0) is 8.55. The van der Waals surface area contributed by atoms with Crippen LogP contribution in [0.1, 0.15) is 13.8 Å². The summed E-state index contributed by atoms with van der Waals surface area (Å²) < 4.78 is 0. The molecule has 0 aromatic rings. The quantitative estimate of drug-likeness (QED) is 0.566. The lowest BCUT2D eigenvalue weighted by molar-refractivity contribution is 0.534. The molecule has 2 unspecified atom stereocenters. The molecule has 2 rings (SSSR count). The van der Waals surface area contributed by atoms with E-state index in [0.29, 0.717) is 11.8 Å². The molecule has 0 amide bonds. The van der Waals surface area contributed by atoms with Gasteiger partial charge in [0, 0.05) is 12.4 Å². The molecule has 0 spiro atoms. The molecule has 2 heteroatoms. The zero-order valence-electron chi connectivity index (χ0n) is 7.46. The topological polar surface area (TPSA) is 24.1 Å². The number of allylic oxidation sites excluding steroid dienone is 2. The largest absolute Gasteiger partial charge is 0.359 e. The van der Waals surface area contributed by atoms with Gasteiger partial charge in [-0.15, -0.1) is 0 Å². The van der Waals surface area contributed by atoms with Crippen molar-refractivity contribution in [2.24, 2.45) is 11.8 Å². The Bertz CT molecular complexity index is 246. The summed E-state index contributed by atoms with van der Waals surface area (Å²) in [6.45, 7) is 4.48. The lowest BCUT2D eigenvalue weighted by Gasteiger charge is -2.26. The second kappa shape index (κ2) is 2.70. The average molecular weight is 162 g/mol. The average Bonchev–Trinajstić information content (AvgIpc) is 2.07. The van der Waals surface area contributed by atoms with Crippen molar-refractivity contribution in [3.05, 3.63) is 35.9 Å². The highest BCUT2D eigenvalue weighted by Gasteiger charge is 2.18. The summed E-state index contributed by atoms with van der Waals surface area (Å²) >= 11 is 0. The third-order valence-corrected chi connectivity index (χ3v) is 2.54. The van der Waals surface area contributed by atoms with E-state index < -0.39 is 0 Å². The van der Waals surface area contributed by atoms with Crippen molar-refractivity contribution >= 4 is 0 Å². The first kappa shape index (κ1) is 7.47. The molecule has 0 radical (unpaired) electrons. The molecule has 12 heavy (non-hydrogen) atoms. The summed E-state index contributed by atoms with van der Waals surface area (Å²) in [6, 6.07) is 0. The monoisotopic (exact) mass is 162 g/mol. The fourth-order valence-electron chi connectivity index (χ4n) is 1.52. The second-order valence-electron chi connectivity index (χ2n) is 3.50. The first-order valence-corrected chi connectivity index (χ1v) is 4.39. The van der Waals surface area contributed by atoms with Crippen LogP contribution in [0.25, 0.3) is 0 Å². The van der Waals surface area contributed by atoms with Crippen molar-refractivity contribution in [3.63, 3.8) is 0 Å². The van der Waals surface area contributed by atoms with Gasteiger partial charge in [-0.25, -0.2) is 0 Å². The molecule has 0 aromatic heterocycles. The van der Waals surface area contributed by atoms with Gasteiger partial charge in [0.05, 0.1) is 11.4 Å². The van der Waals surface area contributed by atoms with Gasteiger partial charge in [0.1, 0.15) is 0 Å². The maximum absolute atomic E-state index is 3.22. The Labute approximate surface area is 73.0 Å². The van der Waals surface area contributed by atoms with E-state index in [9.17, 15) is 0 Å². The standard InChI is InChI=1S/C10H14N2/c1-7-5-9-10(6-8(7)2)12-4-3-11-9/h3-8,11-12H,1-2H3. The van der Waals surface area contributed by atoms with Crippen molar-refractivity contribution in [2.45, 2.75) is 13.8 Å². The van der Waals surface area contributed by atoms with Gasteiger partial charge in [-0.3, -0.25) is 0 Å². The molecular formula is C10H14N2.